The van der Waals surface area contributed by atoms with Gasteiger partial charge in [-0.1, -0.05) is 0 Å². The number of aryl methyl sites for hydroxylation is 1. The van der Waals surface area contributed by atoms with E-state index in [9.17, 15) is 9.90 Å². The van der Waals surface area contributed by atoms with Crippen LogP contribution in [0.5, 0.6) is 11.5 Å². The topological polar surface area (TPSA) is 108 Å². The van der Waals surface area contributed by atoms with E-state index in [4.69, 9.17) is 9.84 Å². The maximum absolute atomic E-state index is 10.7. The minimum Gasteiger partial charge on any atom is -0.507 e. The molecule has 1 atom stereocenters. The Bertz CT molecular complexity index is 859. The number of hydrogen-bond donors (Lipinski definition) is 3. The maximum atomic E-state index is 10.7. The largest absolute Gasteiger partial charge is 0.507 e. The predicted molar refractivity (Wildman–Crippen MR) is 110 cm³/mol. The van der Waals surface area contributed by atoms with Crippen molar-refractivity contribution in [2.45, 2.75) is 38.6 Å². The van der Waals surface area contributed by atoms with Crippen LogP contribution in [0.4, 0.5) is 5.82 Å². The molecule has 8 heteroatoms. The fraction of sp³-hybridized carbons (Fsp3) is 0.476. The molecule has 1 aromatic carbocycles. The van der Waals surface area contributed by atoms with Crippen molar-refractivity contribution in [3.8, 4) is 22.8 Å². The molecule has 1 aliphatic heterocycles. The lowest BCUT2D eigenvalue weighted by molar-refractivity contribution is -0.137. The van der Waals surface area contributed by atoms with Gasteiger partial charge in [0, 0.05) is 30.6 Å². The molecule has 0 amide bonds. The van der Waals surface area contributed by atoms with E-state index in [0.29, 0.717) is 29.2 Å². The summed E-state index contributed by atoms with van der Waals surface area (Å²) < 4.78 is 5.13. The third-order valence-corrected chi connectivity index (χ3v) is 5.17. The number of phenols is 1. The highest BCUT2D eigenvalue weighted by Gasteiger charge is 2.20. The number of methoxy groups -OCH3 is 1. The Hall–Kier alpha value is -2.87. The molecule has 0 aliphatic carbocycles. The van der Waals surface area contributed by atoms with Gasteiger partial charge < -0.3 is 25.2 Å². The number of carbonyl (C=O) groups is 1. The SMILES string of the molecule is COc1ccc(-c2nnc(N[C@@H]3CCCN(CCCC(=O)O)C3)cc2C)c(O)c1. The number of nitrogens with zero attached hydrogens (tertiary/aromatic N) is 3. The number of carboxylic acid groups (broad SMARTS) is 1. The summed E-state index contributed by atoms with van der Waals surface area (Å²) in [6.07, 6.45) is 2.98. The van der Waals surface area contributed by atoms with Crippen molar-refractivity contribution < 1.29 is 19.7 Å². The minimum absolute atomic E-state index is 0.103. The van der Waals surface area contributed by atoms with Gasteiger partial charge in [0.2, 0.25) is 0 Å². The first-order valence-electron chi connectivity index (χ1n) is 9.88. The summed E-state index contributed by atoms with van der Waals surface area (Å²) in [4.78, 5) is 13.0. The Kier molecular flexibility index (Phi) is 6.87. The number of carboxylic acids is 1. The quantitative estimate of drug-likeness (QED) is 0.621. The predicted octanol–water partition coefficient (Wildman–Crippen LogP) is 2.91. The van der Waals surface area contributed by atoms with E-state index in [1.165, 1.54) is 0 Å². The van der Waals surface area contributed by atoms with E-state index in [2.05, 4.69) is 20.4 Å². The summed E-state index contributed by atoms with van der Waals surface area (Å²) in [5, 5.41) is 31.1. The summed E-state index contributed by atoms with van der Waals surface area (Å²) in [6, 6.07) is 7.30. The molecule has 3 N–H and O–H groups in total. The summed E-state index contributed by atoms with van der Waals surface area (Å²) >= 11 is 0. The monoisotopic (exact) mass is 400 g/mol. The van der Waals surface area contributed by atoms with Crippen LogP contribution in [0.25, 0.3) is 11.3 Å². The van der Waals surface area contributed by atoms with Gasteiger partial charge in [-0.3, -0.25) is 4.79 Å². The molecule has 156 valence electrons. The van der Waals surface area contributed by atoms with Crippen molar-refractivity contribution in [1.29, 1.82) is 0 Å². The Morgan fingerprint density at radius 3 is 2.86 bits per heavy atom. The number of rotatable bonds is 8. The number of anilines is 1. The smallest absolute Gasteiger partial charge is 0.303 e. The summed E-state index contributed by atoms with van der Waals surface area (Å²) in [7, 11) is 1.55. The van der Waals surface area contributed by atoms with Gasteiger partial charge in [-0.2, -0.15) is 0 Å². The average Bonchev–Trinajstić information content (AvgIpc) is 2.68. The third kappa shape index (κ3) is 5.57. The van der Waals surface area contributed by atoms with Crippen LogP contribution in [0, 0.1) is 6.92 Å². The van der Waals surface area contributed by atoms with E-state index in [1.807, 2.05) is 13.0 Å². The number of aromatic nitrogens is 2. The number of nitrogens with one attached hydrogen (secondary N) is 1. The molecule has 2 aromatic rings. The van der Waals surface area contributed by atoms with Gasteiger partial charge in [0.15, 0.2) is 0 Å². The molecule has 1 aliphatic rings. The first kappa shape index (κ1) is 20.9. The highest BCUT2D eigenvalue weighted by Crippen LogP contribution is 2.33. The van der Waals surface area contributed by atoms with Crippen molar-refractivity contribution in [2.75, 3.05) is 32.1 Å². The highest BCUT2D eigenvalue weighted by molar-refractivity contribution is 5.71. The zero-order valence-corrected chi connectivity index (χ0v) is 16.9. The third-order valence-electron chi connectivity index (χ3n) is 5.17. The summed E-state index contributed by atoms with van der Waals surface area (Å²) in [6.45, 7) is 4.60. The molecule has 0 spiro atoms. The van der Waals surface area contributed by atoms with Gasteiger partial charge in [-0.05, 0) is 63.0 Å². The molecule has 0 radical (unpaired) electrons. The van der Waals surface area contributed by atoms with Gasteiger partial charge in [0.05, 0.1) is 12.8 Å². The van der Waals surface area contributed by atoms with Crippen molar-refractivity contribution in [1.82, 2.24) is 15.1 Å². The number of phenolic OH excluding ortho intramolecular Hbond substituents is 1. The number of aromatic hydroxyl groups is 1. The molecule has 2 heterocycles. The molecule has 0 bridgehead atoms. The van der Waals surface area contributed by atoms with Gasteiger partial charge in [-0.25, -0.2) is 0 Å². The molecule has 0 unspecified atom stereocenters. The van der Waals surface area contributed by atoms with Crippen LogP contribution < -0.4 is 10.1 Å². The highest BCUT2D eigenvalue weighted by atomic mass is 16.5. The molecule has 0 saturated carbocycles. The number of aliphatic carboxylic acids is 1. The number of likely N-dealkylation sites (tertiary alicyclic amines) is 1. The molecular formula is C21H28N4O4. The second kappa shape index (κ2) is 9.56. The van der Waals surface area contributed by atoms with E-state index >= 15 is 0 Å². The van der Waals surface area contributed by atoms with Gasteiger partial charge >= 0.3 is 5.97 Å². The van der Waals surface area contributed by atoms with Gasteiger partial charge in [0.1, 0.15) is 17.3 Å². The van der Waals surface area contributed by atoms with E-state index in [0.717, 1.165) is 38.0 Å². The van der Waals surface area contributed by atoms with Crippen LogP contribution in [-0.4, -0.2) is 64.1 Å². The average molecular weight is 400 g/mol. The second-order valence-corrected chi connectivity index (χ2v) is 7.43. The van der Waals surface area contributed by atoms with Gasteiger partial charge in [-0.15, -0.1) is 10.2 Å². The van der Waals surface area contributed by atoms with Crippen LogP contribution in [0.2, 0.25) is 0 Å². The lowest BCUT2D eigenvalue weighted by atomic mass is 10.0. The lowest BCUT2D eigenvalue weighted by Gasteiger charge is -2.33. The first-order valence-corrected chi connectivity index (χ1v) is 9.88. The van der Waals surface area contributed by atoms with Crippen molar-refractivity contribution >= 4 is 11.8 Å². The normalized spacial score (nSPS) is 17.1. The molecule has 29 heavy (non-hydrogen) atoms. The Labute approximate surface area is 170 Å². The standard InChI is InChI=1S/C21H28N4O4/c1-14-11-19(22-15-5-3-9-25(13-15)10-4-6-20(27)28)23-24-21(14)17-8-7-16(29-2)12-18(17)26/h7-8,11-12,15,26H,3-6,9-10,13H2,1-2H3,(H,22,23)(H,27,28)/t15-/m1/s1. The Balaban J connectivity index is 1.63. The van der Waals surface area contributed by atoms with Crippen LogP contribution in [-0.2, 0) is 4.79 Å². The summed E-state index contributed by atoms with van der Waals surface area (Å²) in [5.74, 6) is 0.647. The van der Waals surface area contributed by atoms with Crippen LogP contribution in [0.15, 0.2) is 24.3 Å². The Morgan fingerprint density at radius 1 is 1.34 bits per heavy atom. The Morgan fingerprint density at radius 2 is 2.17 bits per heavy atom. The first-order chi connectivity index (χ1) is 14.0. The zero-order valence-electron chi connectivity index (χ0n) is 16.9. The van der Waals surface area contributed by atoms with Crippen molar-refractivity contribution in [3.63, 3.8) is 0 Å². The molecule has 8 nitrogen and oxygen atoms in total. The van der Waals surface area contributed by atoms with Crippen LogP contribution in [0.3, 0.4) is 0 Å². The fourth-order valence-corrected chi connectivity index (χ4v) is 3.70. The molecule has 1 saturated heterocycles. The van der Waals surface area contributed by atoms with Crippen LogP contribution >= 0.6 is 0 Å². The second-order valence-electron chi connectivity index (χ2n) is 7.43. The molecular weight excluding hydrogens is 372 g/mol. The molecule has 3 rings (SSSR count). The summed E-state index contributed by atoms with van der Waals surface area (Å²) in [5.41, 5.74) is 2.16. The van der Waals surface area contributed by atoms with E-state index < -0.39 is 5.97 Å². The van der Waals surface area contributed by atoms with E-state index in [-0.39, 0.29) is 18.2 Å². The van der Waals surface area contributed by atoms with Crippen molar-refractivity contribution in [2.24, 2.45) is 0 Å². The van der Waals surface area contributed by atoms with Gasteiger partial charge in [0.25, 0.3) is 0 Å². The number of benzene rings is 1. The fourth-order valence-electron chi connectivity index (χ4n) is 3.70. The molecule has 1 aromatic heterocycles. The minimum atomic E-state index is -0.745. The van der Waals surface area contributed by atoms with Crippen LogP contribution in [0.1, 0.15) is 31.2 Å². The number of piperidine rings is 1. The number of hydrogen-bond acceptors (Lipinski definition) is 7. The van der Waals surface area contributed by atoms with E-state index in [1.54, 1.807) is 25.3 Å². The molecule has 1 fully saturated rings. The maximum Gasteiger partial charge on any atom is 0.303 e. The zero-order chi connectivity index (χ0) is 20.8. The van der Waals surface area contributed by atoms with Crippen molar-refractivity contribution in [3.05, 3.63) is 29.8 Å². The number of ether oxygens (including phenoxy) is 1. The lowest BCUT2D eigenvalue weighted by Crippen LogP contribution is -2.42.